The summed E-state index contributed by atoms with van der Waals surface area (Å²) < 4.78 is 1.94. The maximum Gasteiger partial charge on any atom is 0.146 e. The van der Waals surface area contributed by atoms with E-state index >= 15 is 0 Å². The molecule has 5 heteroatoms. The molecule has 0 radical (unpaired) electrons. The van der Waals surface area contributed by atoms with Crippen LogP contribution >= 0.6 is 0 Å². The van der Waals surface area contributed by atoms with E-state index in [9.17, 15) is 0 Å². The Kier molecular flexibility index (Phi) is 5.42. The number of nitrogens with one attached hydrogen (secondary N) is 1. The van der Waals surface area contributed by atoms with Crippen LogP contribution in [0.25, 0.3) is 0 Å². The van der Waals surface area contributed by atoms with Gasteiger partial charge >= 0.3 is 0 Å². The zero-order chi connectivity index (χ0) is 12.0. The minimum absolute atomic E-state index is 0.650. The van der Waals surface area contributed by atoms with Crippen molar-refractivity contribution in [3.05, 3.63) is 12.2 Å². The summed E-state index contributed by atoms with van der Waals surface area (Å²) in [6.45, 7) is 7.29. The summed E-state index contributed by atoms with van der Waals surface area (Å²) in [5.74, 6) is 0.978. The van der Waals surface area contributed by atoms with Crippen molar-refractivity contribution in [3.8, 4) is 0 Å². The Morgan fingerprint density at radius 3 is 2.88 bits per heavy atom. The van der Waals surface area contributed by atoms with E-state index in [1.807, 2.05) is 11.6 Å². The Bertz CT molecular complexity index is 296. The van der Waals surface area contributed by atoms with Crippen LogP contribution < -0.4 is 5.32 Å². The van der Waals surface area contributed by atoms with Crippen LogP contribution in [0.2, 0.25) is 0 Å². The van der Waals surface area contributed by atoms with Gasteiger partial charge in [-0.1, -0.05) is 6.92 Å². The summed E-state index contributed by atoms with van der Waals surface area (Å²) in [4.78, 5) is 2.36. The van der Waals surface area contributed by atoms with Crippen molar-refractivity contribution in [1.82, 2.24) is 25.0 Å². The van der Waals surface area contributed by atoms with Gasteiger partial charge in [-0.05, 0) is 20.4 Å². The largest absolute Gasteiger partial charge is 0.320 e. The SMILES string of the molecule is CCC(C)N(C)CCNCc1nncn1C. The number of rotatable bonds is 7. The van der Waals surface area contributed by atoms with Crippen LogP contribution in [0.15, 0.2) is 6.33 Å². The van der Waals surface area contributed by atoms with E-state index in [1.165, 1.54) is 6.42 Å². The first-order valence-electron chi connectivity index (χ1n) is 5.89. The second kappa shape index (κ2) is 6.60. The molecule has 0 fully saturated rings. The van der Waals surface area contributed by atoms with Gasteiger partial charge in [0.05, 0.1) is 6.54 Å². The second-order valence-electron chi connectivity index (χ2n) is 4.27. The quantitative estimate of drug-likeness (QED) is 0.692. The molecule has 0 amide bonds. The average Bonchev–Trinajstić information content (AvgIpc) is 2.69. The van der Waals surface area contributed by atoms with Crippen molar-refractivity contribution in [2.24, 2.45) is 7.05 Å². The molecule has 1 unspecified atom stereocenters. The molecule has 0 aliphatic carbocycles. The lowest BCUT2D eigenvalue weighted by atomic mass is 10.2. The monoisotopic (exact) mass is 225 g/mol. The van der Waals surface area contributed by atoms with Gasteiger partial charge in [0.15, 0.2) is 0 Å². The van der Waals surface area contributed by atoms with Crippen molar-refractivity contribution in [3.63, 3.8) is 0 Å². The topological polar surface area (TPSA) is 46.0 Å². The molecule has 1 aromatic heterocycles. The lowest BCUT2D eigenvalue weighted by molar-refractivity contribution is 0.251. The Balaban J connectivity index is 2.15. The van der Waals surface area contributed by atoms with E-state index in [0.29, 0.717) is 6.04 Å². The van der Waals surface area contributed by atoms with E-state index in [0.717, 1.165) is 25.5 Å². The van der Waals surface area contributed by atoms with Crippen molar-refractivity contribution in [2.45, 2.75) is 32.9 Å². The highest BCUT2D eigenvalue weighted by atomic mass is 15.3. The predicted molar refractivity (Wildman–Crippen MR) is 65.1 cm³/mol. The fourth-order valence-electron chi connectivity index (χ4n) is 1.45. The number of nitrogens with zero attached hydrogens (tertiary/aromatic N) is 4. The lowest BCUT2D eigenvalue weighted by Gasteiger charge is -2.23. The molecule has 0 saturated carbocycles. The molecule has 5 nitrogen and oxygen atoms in total. The highest BCUT2D eigenvalue weighted by molar-refractivity contribution is 4.82. The van der Waals surface area contributed by atoms with Crippen LogP contribution in [-0.4, -0.2) is 45.8 Å². The normalized spacial score (nSPS) is 13.3. The van der Waals surface area contributed by atoms with Crippen LogP contribution in [0.5, 0.6) is 0 Å². The van der Waals surface area contributed by atoms with Crippen LogP contribution in [-0.2, 0) is 13.6 Å². The van der Waals surface area contributed by atoms with E-state index < -0.39 is 0 Å². The molecule has 0 bridgehead atoms. The first kappa shape index (κ1) is 13.1. The maximum absolute atomic E-state index is 4.02. The van der Waals surface area contributed by atoms with Gasteiger partial charge in [-0.15, -0.1) is 10.2 Å². The van der Waals surface area contributed by atoms with Crippen LogP contribution in [0.4, 0.5) is 0 Å². The van der Waals surface area contributed by atoms with Gasteiger partial charge in [0.2, 0.25) is 0 Å². The minimum Gasteiger partial charge on any atom is -0.320 e. The minimum atomic E-state index is 0.650. The summed E-state index contributed by atoms with van der Waals surface area (Å²) in [5, 5.41) is 11.2. The van der Waals surface area contributed by atoms with Crippen LogP contribution in [0, 0.1) is 0 Å². The summed E-state index contributed by atoms with van der Waals surface area (Å²) in [5.41, 5.74) is 0. The molecular formula is C11H23N5. The summed E-state index contributed by atoms with van der Waals surface area (Å²) in [7, 11) is 4.13. The number of aromatic nitrogens is 3. The molecule has 0 aliphatic heterocycles. The van der Waals surface area contributed by atoms with Gasteiger partial charge in [0.25, 0.3) is 0 Å². The van der Waals surface area contributed by atoms with Gasteiger partial charge in [-0.3, -0.25) is 0 Å². The molecular weight excluding hydrogens is 202 g/mol. The van der Waals surface area contributed by atoms with Gasteiger partial charge in [-0.25, -0.2) is 0 Å². The molecule has 1 atom stereocenters. The third-order valence-electron chi connectivity index (χ3n) is 3.07. The number of aryl methyl sites for hydroxylation is 1. The molecule has 92 valence electrons. The standard InChI is InChI=1S/C11H23N5/c1-5-10(2)15(3)7-6-12-8-11-14-13-9-16(11)4/h9-10,12H,5-8H2,1-4H3. The van der Waals surface area contributed by atoms with Crippen LogP contribution in [0.1, 0.15) is 26.1 Å². The van der Waals surface area contributed by atoms with Gasteiger partial charge in [0, 0.05) is 26.2 Å². The Hall–Kier alpha value is -0.940. The van der Waals surface area contributed by atoms with E-state index in [4.69, 9.17) is 0 Å². The zero-order valence-corrected chi connectivity index (χ0v) is 10.8. The third-order valence-corrected chi connectivity index (χ3v) is 3.07. The lowest BCUT2D eigenvalue weighted by Crippen LogP contribution is -2.35. The number of hydrogen-bond acceptors (Lipinski definition) is 4. The molecule has 1 N–H and O–H groups in total. The molecule has 1 heterocycles. The number of likely N-dealkylation sites (N-methyl/N-ethyl adjacent to an activating group) is 1. The van der Waals surface area contributed by atoms with Crippen molar-refractivity contribution >= 4 is 0 Å². The molecule has 0 aliphatic rings. The highest BCUT2D eigenvalue weighted by Gasteiger charge is 2.05. The first-order valence-corrected chi connectivity index (χ1v) is 5.89. The van der Waals surface area contributed by atoms with Gasteiger partial charge in [0.1, 0.15) is 12.2 Å². The van der Waals surface area contributed by atoms with Gasteiger partial charge in [-0.2, -0.15) is 0 Å². The molecule has 0 aromatic carbocycles. The fraction of sp³-hybridized carbons (Fsp3) is 0.818. The molecule has 0 spiro atoms. The van der Waals surface area contributed by atoms with Crippen molar-refractivity contribution in [1.29, 1.82) is 0 Å². The average molecular weight is 225 g/mol. The molecule has 1 aromatic rings. The van der Waals surface area contributed by atoms with Crippen molar-refractivity contribution in [2.75, 3.05) is 20.1 Å². The molecule has 16 heavy (non-hydrogen) atoms. The Morgan fingerprint density at radius 2 is 2.31 bits per heavy atom. The fourth-order valence-corrected chi connectivity index (χ4v) is 1.45. The highest BCUT2D eigenvalue weighted by Crippen LogP contribution is 1.98. The summed E-state index contributed by atoms with van der Waals surface area (Å²) in [6.07, 6.45) is 2.92. The first-order chi connectivity index (χ1) is 7.65. The third kappa shape index (κ3) is 3.90. The smallest absolute Gasteiger partial charge is 0.146 e. The van der Waals surface area contributed by atoms with Crippen LogP contribution in [0.3, 0.4) is 0 Å². The zero-order valence-electron chi connectivity index (χ0n) is 10.8. The van der Waals surface area contributed by atoms with E-state index in [1.54, 1.807) is 6.33 Å². The molecule has 1 rings (SSSR count). The Labute approximate surface area is 97.9 Å². The number of hydrogen-bond donors (Lipinski definition) is 1. The van der Waals surface area contributed by atoms with Gasteiger partial charge < -0.3 is 14.8 Å². The Morgan fingerprint density at radius 1 is 1.56 bits per heavy atom. The van der Waals surface area contributed by atoms with E-state index in [-0.39, 0.29) is 0 Å². The second-order valence-corrected chi connectivity index (χ2v) is 4.27. The summed E-state index contributed by atoms with van der Waals surface area (Å²) >= 11 is 0. The molecule has 0 saturated heterocycles. The van der Waals surface area contributed by atoms with E-state index in [2.05, 4.69) is 41.3 Å². The maximum atomic E-state index is 4.02. The predicted octanol–water partition coefficient (Wildman–Crippen LogP) is 0.635. The summed E-state index contributed by atoms with van der Waals surface area (Å²) in [6, 6.07) is 0.650. The van der Waals surface area contributed by atoms with Crippen molar-refractivity contribution < 1.29 is 0 Å².